The van der Waals surface area contributed by atoms with Gasteiger partial charge in [-0.1, -0.05) is 23.7 Å². The fourth-order valence-electron chi connectivity index (χ4n) is 1.86. The van der Waals surface area contributed by atoms with Crippen LogP contribution in [0.4, 0.5) is 5.69 Å². The summed E-state index contributed by atoms with van der Waals surface area (Å²) < 4.78 is 0. The third-order valence-electron chi connectivity index (χ3n) is 3.04. The maximum atomic E-state index is 11.0. The summed E-state index contributed by atoms with van der Waals surface area (Å²) in [5, 5.41) is 7.44. The maximum Gasteiger partial charge on any atom is 0.248 e. The number of hydrogen-bond acceptors (Lipinski definition) is 2. The van der Waals surface area contributed by atoms with Crippen molar-refractivity contribution >= 4 is 40.5 Å². The highest BCUT2D eigenvalue weighted by Crippen LogP contribution is 2.10. The number of anilines is 1. The van der Waals surface area contributed by atoms with Gasteiger partial charge in [-0.3, -0.25) is 4.79 Å². The SMILES string of the molecule is NC(=O)c1ccc(NC(=S)NCCc2ccc(Cl)cc2)cc1. The van der Waals surface area contributed by atoms with Gasteiger partial charge in [-0.25, -0.2) is 0 Å². The maximum absolute atomic E-state index is 11.0. The molecule has 4 N–H and O–H groups in total. The minimum atomic E-state index is -0.449. The van der Waals surface area contributed by atoms with E-state index in [1.807, 2.05) is 24.3 Å². The van der Waals surface area contributed by atoms with Crippen molar-refractivity contribution in [1.82, 2.24) is 5.32 Å². The number of primary amides is 1. The summed E-state index contributed by atoms with van der Waals surface area (Å²) in [4.78, 5) is 11.0. The van der Waals surface area contributed by atoms with Gasteiger partial charge in [0.25, 0.3) is 0 Å². The first-order valence-electron chi connectivity index (χ1n) is 6.74. The second-order valence-electron chi connectivity index (χ2n) is 4.70. The first kappa shape index (κ1) is 16.3. The van der Waals surface area contributed by atoms with Crippen LogP contribution in [0.3, 0.4) is 0 Å². The van der Waals surface area contributed by atoms with Crippen LogP contribution in [0.25, 0.3) is 0 Å². The summed E-state index contributed by atoms with van der Waals surface area (Å²) >= 11 is 11.1. The number of thiocarbonyl (C=S) groups is 1. The zero-order chi connectivity index (χ0) is 15.9. The summed E-state index contributed by atoms with van der Waals surface area (Å²) in [6.07, 6.45) is 0.847. The van der Waals surface area contributed by atoms with Gasteiger partial charge in [0.2, 0.25) is 5.91 Å². The molecule has 0 unspecified atom stereocenters. The number of halogens is 1. The van der Waals surface area contributed by atoms with Crippen molar-refractivity contribution in [3.8, 4) is 0 Å². The Morgan fingerprint density at radius 2 is 1.73 bits per heavy atom. The lowest BCUT2D eigenvalue weighted by atomic mass is 10.1. The third kappa shape index (κ3) is 5.02. The molecule has 0 aromatic heterocycles. The third-order valence-corrected chi connectivity index (χ3v) is 3.54. The molecule has 0 radical (unpaired) electrons. The van der Waals surface area contributed by atoms with Crippen LogP contribution in [0.5, 0.6) is 0 Å². The molecule has 0 saturated heterocycles. The van der Waals surface area contributed by atoms with Crippen molar-refractivity contribution in [2.45, 2.75) is 6.42 Å². The Kier molecular flexibility index (Phi) is 5.75. The molecule has 6 heteroatoms. The lowest BCUT2D eigenvalue weighted by Crippen LogP contribution is -2.30. The van der Waals surface area contributed by atoms with E-state index in [0.717, 1.165) is 17.1 Å². The second-order valence-corrected chi connectivity index (χ2v) is 5.54. The average molecular weight is 334 g/mol. The molecular weight excluding hydrogens is 318 g/mol. The zero-order valence-electron chi connectivity index (χ0n) is 11.8. The highest BCUT2D eigenvalue weighted by atomic mass is 35.5. The van der Waals surface area contributed by atoms with E-state index in [9.17, 15) is 4.79 Å². The van der Waals surface area contributed by atoms with Crippen LogP contribution in [0.2, 0.25) is 5.02 Å². The molecule has 22 heavy (non-hydrogen) atoms. The minimum Gasteiger partial charge on any atom is -0.366 e. The fourth-order valence-corrected chi connectivity index (χ4v) is 2.21. The van der Waals surface area contributed by atoms with E-state index in [1.54, 1.807) is 24.3 Å². The van der Waals surface area contributed by atoms with Crippen LogP contribution in [0, 0.1) is 0 Å². The Morgan fingerprint density at radius 3 is 2.32 bits per heavy atom. The van der Waals surface area contributed by atoms with Gasteiger partial charge in [-0.15, -0.1) is 0 Å². The Bertz CT molecular complexity index is 656. The van der Waals surface area contributed by atoms with E-state index in [2.05, 4.69) is 10.6 Å². The summed E-state index contributed by atoms with van der Waals surface area (Å²) in [5.74, 6) is -0.449. The molecule has 114 valence electrons. The first-order chi connectivity index (χ1) is 10.5. The summed E-state index contributed by atoms with van der Waals surface area (Å²) in [6.45, 7) is 0.715. The topological polar surface area (TPSA) is 67.2 Å². The molecule has 0 aliphatic heterocycles. The molecule has 4 nitrogen and oxygen atoms in total. The second kappa shape index (κ2) is 7.77. The number of rotatable bonds is 5. The molecule has 0 atom stereocenters. The van der Waals surface area contributed by atoms with E-state index >= 15 is 0 Å². The molecule has 0 heterocycles. The number of carbonyl (C=O) groups is 1. The molecule has 2 aromatic rings. The fraction of sp³-hybridized carbons (Fsp3) is 0.125. The number of amides is 1. The Hall–Kier alpha value is -2.11. The van der Waals surface area contributed by atoms with Crippen LogP contribution in [-0.4, -0.2) is 17.6 Å². The smallest absolute Gasteiger partial charge is 0.248 e. The van der Waals surface area contributed by atoms with Gasteiger partial charge in [0.05, 0.1) is 0 Å². The Morgan fingerprint density at radius 1 is 1.09 bits per heavy atom. The van der Waals surface area contributed by atoms with Gasteiger partial charge in [0.15, 0.2) is 5.11 Å². The Balaban J connectivity index is 1.77. The van der Waals surface area contributed by atoms with E-state index in [1.165, 1.54) is 5.56 Å². The minimum absolute atomic E-state index is 0.449. The van der Waals surface area contributed by atoms with Crippen LogP contribution >= 0.6 is 23.8 Å². The number of nitrogens with two attached hydrogens (primary N) is 1. The van der Waals surface area contributed by atoms with Crippen LogP contribution in [0.15, 0.2) is 48.5 Å². The molecule has 2 rings (SSSR count). The predicted octanol–water partition coefficient (Wildman–Crippen LogP) is 2.97. The van der Waals surface area contributed by atoms with Crippen molar-refractivity contribution < 1.29 is 4.79 Å². The number of carbonyl (C=O) groups excluding carboxylic acids is 1. The van der Waals surface area contributed by atoms with Gasteiger partial charge in [0.1, 0.15) is 0 Å². The molecule has 0 fully saturated rings. The largest absolute Gasteiger partial charge is 0.366 e. The van der Waals surface area contributed by atoms with Crippen LogP contribution < -0.4 is 16.4 Å². The van der Waals surface area contributed by atoms with E-state index in [4.69, 9.17) is 29.6 Å². The average Bonchev–Trinajstić information content (AvgIpc) is 2.50. The summed E-state index contributed by atoms with van der Waals surface area (Å²) in [5.41, 5.74) is 7.64. The van der Waals surface area contributed by atoms with Gasteiger partial charge >= 0.3 is 0 Å². The highest BCUT2D eigenvalue weighted by molar-refractivity contribution is 7.80. The van der Waals surface area contributed by atoms with Gasteiger partial charge in [0, 0.05) is 22.8 Å². The van der Waals surface area contributed by atoms with Crippen LogP contribution in [-0.2, 0) is 6.42 Å². The summed E-state index contributed by atoms with van der Waals surface area (Å²) in [7, 11) is 0. The molecule has 1 amide bonds. The van der Waals surface area contributed by atoms with Gasteiger partial charge in [-0.05, 0) is 60.6 Å². The first-order valence-corrected chi connectivity index (χ1v) is 7.52. The van der Waals surface area contributed by atoms with Crippen molar-refractivity contribution in [1.29, 1.82) is 0 Å². The quantitative estimate of drug-likeness (QED) is 0.736. The Labute approximate surface area is 139 Å². The molecule has 0 aliphatic rings. The van der Waals surface area contributed by atoms with Gasteiger partial charge < -0.3 is 16.4 Å². The molecule has 0 spiro atoms. The lowest BCUT2D eigenvalue weighted by molar-refractivity contribution is 0.100. The molecule has 0 aliphatic carbocycles. The van der Waals surface area contributed by atoms with Gasteiger partial charge in [-0.2, -0.15) is 0 Å². The highest BCUT2D eigenvalue weighted by Gasteiger charge is 2.01. The monoisotopic (exact) mass is 333 g/mol. The zero-order valence-corrected chi connectivity index (χ0v) is 13.4. The number of nitrogens with one attached hydrogen (secondary N) is 2. The van der Waals surface area contributed by atoms with Crippen molar-refractivity contribution in [3.05, 3.63) is 64.7 Å². The normalized spacial score (nSPS) is 10.0. The standard InChI is InChI=1S/C16H16ClN3OS/c17-13-5-1-11(2-6-13)9-10-19-16(22)20-14-7-3-12(4-8-14)15(18)21/h1-8H,9-10H2,(H2,18,21)(H2,19,20,22). The molecular formula is C16H16ClN3OS. The molecule has 0 bridgehead atoms. The van der Waals surface area contributed by atoms with Crippen molar-refractivity contribution in [3.63, 3.8) is 0 Å². The van der Waals surface area contributed by atoms with E-state index < -0.39 is 5.91 Å². The van der Waals surface area contributed by atoms with Crippen molar-refractivity contribution in [2.24, 2.45) is 5.73 Å². The number of benzene rings is 2. The molecule has 0 saturated carbocycles. The predicted molar refractivity (Wildman–Crippen MR) is 94.3 cm³/mol. The molecule has 2 aromatic carbocycles. The van der Waals surface area contributed by atoms with Crippen LogP contribution in [0.1, 0.15) is 15.9 Å². The van der Waals surface area contributed by atoms with E-state index in [0.29, 0.717) is 17.2 Å². The van der Waals surface area contributed by atoms with Crippen molar-refractivity contribution in [2.75, 3.05) is 11.9 Å². The summed E-state index contributed by atoms with van der Waals surface area (Å²) in [6, 6.07) is 14.5. The lowest BCUT2D eigenvalue weighted by Gasteiger charge is -2.10. The van der Waals surface area contributed by atoms with E-state index in [-0.39, 0.29) is 0 Å². The number of hydrogen-bond donors (Lipinski definition) is 3.